The molecule has 0 atom stereocenters. The minimum atomic E-state index is -4.17. The summed E-state index contributed by atoms with van der Waals surface area (Å²) in [4.78, 5) is 12.6. The summed E-state index contributed by atoms with van der Waals surface area (Å²) in [6.45, 7) is 5.91. The molecule has 1 aromatic heterocycles. The van der Waals surface area contributed by atoms with Crippen molar-refractivity contribution in [3.8, 4) is 5.75 Å². The van der Waals surface area contributed by atoms with Gasteiger partial charge in [-0.1, -0.05) is 26.8 Å². The first-order chi connectivity index (χ1) is 13.9. The van der Waals surface area contributed by atoms with E-state index in [-0.39, 0.29) is 26.7 Å². The number of methoxy groups -OCH3 is 1. The second-order valence-corrected chi connectivity index (χ2v) is 9.92. The predicted molar refractivity (Wildman–Crippen MR) is 120 cm³/mol. The fourth-order valence-electron chi connectivity index (χ4n) is 3.07. The van der Waals surface area contributed by atoms with Gasteiger partial charge in [0.2, 0.25) is 0 Å². The third-order valence-corrected chi connectivity index (χ3v) is 6.28. The summed E-state index contributed by atoms with van der Waals surface area (Å²) in [5, 5.41) is 0.885. The maximum absolute atomic E-state index is 13.0. The Morgan fingerprint density at radius 2 is 1.83 bits per heavy atom. The van der Waals surface area contributed by atoms with E-state index < -0.39 is 15.9 Å². The lowest BCUT2D eigenvalue weighted by Gasteiger charge is -2.21. The normalized spacial score (nSPS) is 12.0. The number of nitrogens with zero attached hydrogens (tertiary/aromatic N) is 1. The number of sulfonamides is 1. The highest BCUT2D eigenvalue weighted by Gasteiger charge is 2.26. The highest BCUT2D eigenvalue weighted by molar-refractivity contribution is 7.90. The Kier molecular flexibility index (Phi) is 5.62. The zero-order chi connectivity index (χ0) is 22.3. The van der Waals surface area contributed by atoms with Crippen molar-refractivity contribution in [3.63, 3.8) is 0 Å². The van der Waals surface area contributed by atoms with E-state index in [4.69, 9.17) is 22.7 Å². The van der Waals surface area contributed by atoms with Crippen LogP contribution in [0.15, 0.2) is 53.6 Å². The number of hydrogen-bond acceptors (Lipinski definition) is 5. The third kappa shape index (κ3) is 4.17. The van der Waals surface area contributed by atoms with Gasteiger partial charge in [-0.2, -0.15) is 0 Å². The highest BCUT2D eigenvalue weighted by Crippen LogP contribution is 2.31. The number of nitrogens with one attached hydrogen (secondary N) is 1. The van der Waals surface area contributed by atoms with Crippen LogP contribution in [-0.4, -0.2) is 31.1 Å². The second kappa shape index (κ2) is 7.73. The highest BCUT2D eigenvalue weighted by atomic mass is 32.2. The summed E-state index contributed by atoms with van der Waals surface area (Å²) in [6.07, 6.45) is 1.69. The first kappa shape index (κ1) is 21.8. The number of ether oxygens (including phenoxy) is 1. The van der Waals surface area contributed by atoms with Crippen molar-refractivity contribution < 1.29 is 17.9 Å². The molecule has 3 N–H and O–H groups in total. The Hall–Kier alpha value is -2.91. The van der Waals surface area contributed by atoms with Crippen LogP contribution in [0.2, 0.25) is 0 Å². The van der Waals surface area contributed by atoms with Crippen molar-refractivity contribution in [1.82, 2.24) is 9.29 Å². The number of rotatable bonds is 4. The van der Waals surface area contributed by atoms with Gasteiger partial charge in [0.25, 0.3) is 15.9 Å². The summed E-state index contributed by atoms with van der Waals surface area (Å²) in [7, 11) is -2.78. The van der Waals surface area contributed by atoms with E-state index in [2.05, 4.69) is 4.72 Å². The molecule has 0 aliphatic carbocycles. The molecular formula is C21H23N3O4S2. The lowest BCUT2D eigenvalue weighted by atomic mass is 9.87. The van der Waals surface area contributed by atoms with E-state index in [1.54, 1.807) is 41.1 Å². The SMILES string of the molecule is COc1ccc(C(C)(C)C)cc1S(=O)(=O)NC(=O)c1ccc2c(ccn2C(N)=S)c1. The monoisotopic (exact) mass is 445 g/mol. The molecule has 3 rings (SSSR count). The minimum Gasteiger partial charge on any atom is -0.495 e. The lowest BCUT2D eigenvalue weighted by molar-refractivity contribution is 0.0981. The summed E-state index contributed by atoms with van der Waals surface area (Å²) in [5.41, 5.74) is 7.11. The first-order valence-electron chi connectivity index (χ1n) is 9.10. The quantitative estimate of drug-likeness (QED) is 0.598. The molecule has 30 heavy (non-hydrogen) atoms. The number of carbonyl (C=O) groups is 1. The molecule has 9 heteroatoms. The number of aromatic nitrogens is 1. The fraction of sp³-hybridized carbons (Fsp3) is 0.238. The fourth-order valence-corrected chi connectivity index (χ4v) is 4.39. The van der Waals surface area contributed by atoms with E-state index >= 15 is 0 Å². The first-order valence-corrected chi connectivity index (χ1v) is 11.0. The maximum Gasteiger partial charge on any atom is 0.268 e. The summed E-state index contributed by atoms with van der Waals surface area (Å²) in [6, 6.07) is 11.4. The van der Waals surface area contributed by atoms with Crippen LogP contribution in [0.25, 0.3) is 10.9 Å². The van der Waals surface area contributed by atoms with Gasteiger partial charge in [0.1, 0.15) is 10.6 Å². The largest absolute Gasteiger partial charge is 0.495 e. The van der Waals surface area contributed by atoms with Gasteiger partial charge in [-0.05, 0) is 59.6 Å². The minimum absolute atomic E-state index is 0.0912. The van der Waals surface area contributed by atoms with Crippen LogP contribution in [-0.2, 0) is 15.4 Å². The molecular weight excluding hydrogens is 422 g/mol. The Balaban J connectivity index is 1.96. The van der Waals surface area contributed by atoms with Crippen molar-refractivity contribution >= 4 is 44.2 Å². The van der Waals surface area contributed by atoms with E-state index in [1.807, 2.05) is 20.8 Å². The average molecular weight is 446 g/mol. The summed E-state index contributed by atoms with van der Waals surface area (Å²) >= 11 is 4.98. The topological polar surface area (TPSA) is 103 Å². The number of carbonyl (C=O) groups excluding carboxylic acids is 1. The molecule has 0 unspecified atom stereocenters. The number of amides is 1. The van der Waals surface area contributed by atoms with Gasteiger partial charge >= 0.3 is 0 Å². The van der Waals surface area contributed by atoms with Gasteiger partial charge in [-0.3, -0.25) is 9.36 Å². The van der Waals surface area contributed by atoms with Crippen LogP contribution < -0.4 is 15.2 Å². The van der Waals surface area contributed by atoms with Crippen molar-refractivity contribution in [2.75, 3.05) is 7.11 Å². The molecule has 158 valence electrons. The van der Waals surface area contributed by atoms with Crippen molar-refractivity contribution in [2.24, 2.45) is 5.73 Å². The molecule has 7 nitrogen and oxygen atoms in total. The van der Waals surface area contributed by atoms with Crippen LogP contribution >= 0.6 is 12.2 Å². The van der Waals surface area contributed by atoms with Gasteiger partial charge in [0.05, 0.1) is 12.6 Å². The number of benzene rings is 2. The van der Waals surface area contributed by atoms with Crippen LogP contribution in [0.4, 0.5) is 0 Å². The van der Waals surface area contributed by atoms with Crippen LogP contribution in [0.1, 0.15) is 36.7 Å². The zero-order valence-corrected chi connectivity index (χ0v) is 18.7. The van der Waals surface area contributed by atoms with Gasteiger partial charge in [-0.25, -0.2) is 13.1 Å². The van der Waals surface area contributed by atoms with Crippen LogP contribution in [0.5, 0.6) is 5.75 Å². The lowest BCUT2D eigenvalue weighted by Crippen LogP contribution is -2.31. The Morgan fingerprint density at radius 1 is 1.13 bits per heavy atom. The number of fused-ring (bicyclic) bond motifs is 1. The molecule has 0 aliphatic heterocycles. The second-order valence-electron chi connectivity index (χ2n) is 7.85. The van der Waals surface area contributed by atoms with Crippen molar-refractivity contribution in [2.45, 2.75) is 31.1 Å². The van der Waals surface area contributed by atoms with E-state index in [0.29, 0.717) is 5.39 Å². The summed E-state index contributed by atoms with van der Waals surface area (Å²) in [5.74, 6) is -0.588. The van der Waals surface area contributed by atoms with E-state index in [1.165, 1.54) is 19.2 Å². The smallest absolute Gasteiger partial charge is 0.268 e. The number of thiocarbonyl (C=S) groups is 1. The summed E-state index contributed by atoms with van der Waals surface area (Å²) < 4.78 is 34.9. The molecule has 0 saturated carbocycles. The van der Waals surface area contributed by atoms with Crippen molar-refractivity contribution in [1.29, 1.82) is 0 Å². The third-order valence-electron chi connectivity index (χ3n) is 4.74. The predicted octanol–water partition coefficient (Wildman–Crippen LogP) is 3.16. The zero-order valence-electron chi connectivity index (χ0n) is 17.1. The van der Waals surface area contributed by atoms with Gasteiger partial charge in [-0.15, -0.1) is 0 Å². The van der Waals surface area contributed by atoms with Gasteiger partial charge < -0.3 is 10.5 Å². The van der Waals surface area contributed by atoms with Gasteiger partial charge in [0.15, 0.2) is 5.11 Å². The van der Waals surface area contributed by atoms with Crippen molar-refractivity contribution in [3.05, 3.63) is 59.8 Å². The molecule has 0 aliphatic rings. The standard InChI is InChI=1S/C21H23N3O4S2/c1-21(2,3)15-6-8-17(28-4)18(12-15)30(26,27)23-19(25)14-5-7-16-13(11-14)9-10-24(16)20(22)29/h5-12H,1-4H3,(H2,22,29)(H,23,25). The Labute approximate surface area is 180 Å². The molecule has 0 saturated heterocycles. The molecule has 1 heterocycles. The molecule has 0 fully saturated rings. The number of nitrogens with two attached hydrogens (primary N) is 1. The molecule has 1 amide bonds. The maximum atomic E-state index is 13.0. The van der Waals surface area contributed by atoms with E-state index in [9.17, 15) is 13.2 Å². The molecule has 0 bridgehead atoms. The average Bonchev–Trinajstić information content (AvgIpc) is 3.09. The molecule has 0 spiro atoms. The van der Waals surface area contributed by atoms with Crippen LogP contribution in [0, 0.1) is 0 Å². The molecule has 2 aromatic carbocycles. The molecule has 3 aromatic rings. The number of hydrogen-bond donors (Lipinski definition) is 2. The van der Waals surface area contributed by atoms with Gasteiger partial charge in [0, 0.05) is 17.1 Å². The Bertz CT molecular complexity index is 1250. The Morgan fingerprint density at radius 3 is 2.43 bits per heavy atom. The molecule has 0 radical (unpaired) electrons. The van der Waals surface area contributed by atoms with E-state index in [0.717, 1.165) is 11.1 Å². The van der Waals surface area contributed by atoms with Crippen LogP contribution in [0.3, 0.4) is 0 Å².